The molecule has 4 rings (SSSR count). The van der Waals surface area contributed by atoms with Gasteiger partial charge in [0.1, 0.15) is 5.60 Å². The Balaban J connectivity index is 2.12. The van der Waals surface area contributed by atoms with Crippen LogP contribution in [0.3, 0.4) is 0 Å². The van der Waals surface area contributed by atoms with Gasteiger partial charge in [-0.25, -0.2) is 8.78 Å². The van der Waals surface area contributed by atoms with Crippen molar-refractivity contribution in [1.82, 2.24) is 0 Å². The Morgan fingerprint density at radius 1 is 0.919 bits per heavy atom. The maximum Gasteiger partial charge on any atom is 0.237 e. The van der Waals surface area contributed by atoms with Gasteiger partial charge in [0.05, 0.1) is 23.5 Å². The number of ether oxygens (including phenoxy) is 1. The number of anilines is 1. The molecule has 1 aliphatic rings. The second-order valence-corrected chi connectivity index (χ2v) is 12.5. The topological polar surface area (TPSA) is 38.8 Å². The van der Waals surface area contributed by atoms with E-state index in [4.69, 9.17) is 9.16 Å². The maximum atomic E-state index is 16.1. The minimum Gasteiger partial charge on any atom is -0.400 e. The van der Waals surface area contributed by atoms with Crippen molar-refractivity contribution in [2.45, 2.75) is 57.5 Å². The molecule has 2 radical (unpaired) electrons. The van der Waals surface area contributed by atoms with Gasteiger partial charge in [-0.05, 0) is 36.1 Å². The predicted molar refractivity (Wildman–Crippen MR) is 143 cm³/mol. The average Bonchev–Trinajstić information content (AvgIpc) is 2.86. The number of nitrogens with zero attached hydrogens (tertiary/aromatic N) is 1. The van der Waals surface area contributed by atoms with Gasteiger partial charge in [0, 0.05) is 18.7 Å². The third-order valence-corrected chi connectivity index (χ3v) is 7.34. The molecule has 4 nitrogen and oxygen atoms in total. The lowest BCUT2D eigenvalue weighted by Gasteiger charge is -2.43. The van der Waals surface area contributed by atoms with Crippen molar-refractivity contribution in [3.63, 3.8) is 0 Å². The molecule has 0 aromatic heterocycles. The first-order valence-electron chi connectivity index (χ1n) is 12.5. The Hall–Kier alpha value is -2.87. The highest BCUT2D eigenvalue weighted by Crippen LogP contribution is 2.47. The Morgan fingerprint density at radius 3 is 1.89 bits per heavy atom. The van der Waals surface area contributed by atoms with Gasteiger partial charge in [-0.15, -0.1) is 0 Å². The molecule has 194 valence electrons. The smallest absolute Gasteiger partial charge is 0.237 e. The number of halogens is 2. The summed E-state index contributed by atoms with van der Waals surface area (Å²) in [4.78, 5) is 13.8. The van der Waals surface area contributed by atoms with Crippen LogP contribution in [0.25, 0.3) is 0 Å². The van der Waals surface area contributed by atoms with Crippen LogP contribution >= 0.6 is 0 Å². The number of carbonyl (C=O) groups excluding carboxylic acids is 1. The number of hydrogen-bond donors (Lipinski definition) is 0. The largest absolute Gasteiger partial charge is 0.400 e. The molecule has 0 bridgehead atoms. The molecule has 0 unspecified atom stereocenters. The van der Waals surface area contributed by atoms with Crippen molar-refractivity contribution >= 4 is 21.7 Å². The quantitative estimate of drug-likeness (QED) is 0.201. The zero-order valence-corrected chi connectivity index (χ0v) is 22.9. The maximum absolute atomic E-state index is 16.1. The van der Waals surface area contributed by atoms with Crippen molar-refractivity contribution < 1.29 is 22.7 Å². The van der Waals surface area contributed by atoms with E-state index in [1.54, 1.807) is 0 Å². The van der Waals surface area contributed by atoms with Gasteiger partial charge >= 0.3 is 0 Å². The van der Waals surface area contributed by atoms with Gasteiger partial charge in [0.25, 0.3) is 0 Å². The van der Waals surface area contributed by atoms with Crippen LogP contribution in [0.2, 0.25) is 5.04 Å². The summed E-state index contributed by atoms with van der Waals surface area (Å²) in [5.41, 5.74) is 0.360. The van der Waals surface area contributed by atoms with Crippen molar-refractivity contribution in [3.05, 3.63) is 101 Å². The van der Waals surface area contributed by atoms with E-state index < -0.39 is 17.2 Å². The van der Waals surface area contributed by atoms with Gasteiger partial charge in [-0.1, -0.05) is 81.4 Å². The Morgan fingerprint density at radius 2 is 1.43 bits per heavy atom. The van der Waals surface area contributed by atoms with Gasteiger partial charge in [-0.3, -0.25) is 4.79 Å². The average molecular weight is 522 g/mol. The molecule has 0 aliphatic carbocycles. The standard InChI is InChI=1S/C30H33F2NO3Si/c1-20-17-33(18-21(2)35-20)28-25(16-22(19-34)26(31)27(28)32)30(36-37-29(3,4)5,23-12-8-6-9-13-23)24-14-10-7-11-15-24/h6-16,19-21H,17-18H2,1-5H3/t20-,21+. The van der Waals surface area contributed by atoms with Gasteiger partial charge in [0.15, 0.2) is 17.9 Å². The lowest BCUT2D eigenvalue weighted by molar-refractivity contribution is -0.00567. The molecule has 7 heteroatoms. The van der Waals surface area contributed by atoms with E-state index >= 15 is 8.78 Å². The zero-order chi connectivity index (χ0) is 26.8. The van der Waals surface area contributed by atoms with Crippen LogP contribution in [0, 0.1) is 11.6 Å². The molecule has 2 atom stereocenters. The number of morpholine rings is 1. The first-order chi connectivity index (χ1) is 17.6. The number of rotatable bonds is 7. The summed E-state index contributed by atoms with van der Waals surface area (Å²) in [6.07, 6.45) is -0.0154. The van der Waals surface area contributed by atoms with Crippen LogP contribution < -0.4 is 4.90 Å². The molecule has 0 N–H and O–H groups in total. The summed E-state index contributed by atoms with van der Waals surface area (Å²) in [6, 6.07) is 20.6. The minimum absolute atomic E-state index is 0.00891. The van der Waals surface area contributed by atoms with Crippen LogP contribution in [-0.4, -0.2) is 41.3 Å². The lowest BCUT2D eigenvalue weighted by atomic mass is 9.78. The van der Waals surface area contributed by atoms with E-state index in [0.29, 0.717) is 24.9 Å². The molecular weight excluding hydrogens is 488 g/mol. The molecular formula is C30H33F2NO3Si. The molecule has 0 saturated carbocycles. The van der Waals surface area contributed by atoms with Crippen LogP contribution in [0.5, 0.6) is 0 Å². The Labute approximate surface area is 220 Å². The summed E-state index contributed by atoms with van der Waals surface area (Å²) in [7, 11) is 0.00891. The number of carbonyl (C=O) groups is 1. The fraction of sp³-hybridized carbons (Fsp3) is 0.367. The lowest BCUT2D eigenvalue weighted by Crippen LogP contribution is -2.47. The highest BCUT2D eigenvalue weighted by molar-refractivity contribution is 6.32. The number of benzene rings is 3. The first kappa shape index (κ1) is 27.2. The molecule has 3 aromatic rings. The molecule has 1 heterocycles. The van der Waals surface area contributed by atoms with E-state index in [1.165, 1.54) is 6.07 Å². The van der Waals surface area contributed by atoms with Crippen LogP contribution in [-0.2, 0) is 14.8 Å². The molecule has 1 saturated heterocycles. The predicted octanol–water partition coefficient (Wildman–Crippen LogP) is 6.54. The SMILES string of the molecule is C[C@@H]1CN(c2c(C(O[Si]C(C)(C)C)(c3ccccc3)c3ccccc3)cc(C=O)c(F)c2F)C[C@H](C)O1. The third kappa shape index (κ3) is 5.54. The van der Waals surface area contributed by atoms with Crippen LogP contribution in [0.1, 0.15) is 61.7 Å². The molecule has 3 aromatic carbocycles. The van der Waals surface area contributed by atoms with Gasteiger partial charge < -0.3 is 14.1 Å². The molecule has 0 amide bonds. The summed E-state index contributed by atoms with van der Waals surface area (Å²) in [5.74, 6) is -2.21. The van der Waals surface area contributed by atoms with Crippen molar-refractivity contribution in [2.75, 3.05) is 18.0 Å². The Kier molecular flexibility index (Phi) is 7.97. The van der Waals surface area contributed by atoms with Crippen molar-refractivity contribution in [3.8, 4) is 0 Å². The summed E-state index contributed by atoms with van der Waals surface area (Å²) < 4.78 is 44.2. The Bertz CT molecular complexity index is 1180. The molecule has 1 fully saturated rings. The fourth-order valence-electron chi connectivity index (χ4n) is 4.89. The normalized spacial score (nSPS) is 18.6. The summed E-state index contributed by atoms with van der Waals surface area (Å²) >= 11 is 0. The number of aldehydes is 1. The van der Waals surface area contributed by atoms with Crippen LogP contribution in [0.4, 0.5) is 14.5 Å². The highest BCUT2D eigenvalue weighted by Gasteiger charge is 2.44. The van der Waals surface area contributed by atoms with E-state index in [2.05, 4.69) is 20.8 Å². The van der Waals surface area contributed by atoms with E-state index in [0.717, 1.165) is 11.1 Å². The highest BCUT2D eigenvalue weighted by atomic mass is 28.2. The summed E-state index contributed by atoms with van der Waals surface area (Å²) in [5, 5.41) is -0.205. The van der Waals surface area contributed by atoms with Crippen molar-refractivity contribution in [2.24, 2.45) is 0 Å². The van der Waals surface area contributed by atoms with Crippen LogP contribution in [0.15, 0.2) is 66.7 Å². The van der Waals surface area contributed by atoms with Gasteiger partial charge in [0.2, 0.25) is 9.76 Å². The molecule has 37 heavy (non-hydrogen) atoms. The second kappa shape index (κ2) is 10.9. The molecule has 0 spiro atoms. The van der Waals surface area contributed by atoms with Gasteiger partial charge in [-0.2, -0.15) is 0 Å². The van der Waals surface area contributed by atoms with E-state index in [-0.39, 0.29) is 38.3 Å². The van der Waals surface area contributed by atoms with E-state index in [1.807, 2.05) is 79.4 Å². The monoisotopic (exact) mass is 521 g/mol. The fourth-order valence-corrected chi connectivity index (χ4v) is 5.69. The second-order valence-electron chi connectivity index (χ2n) is 10.6. The number of hydrogen-bond acceptors (Lipinski definition) is 4. The minimum atomic E-state index is -1.30. The van der Waals surface area contributed by atoms with Crippen molar-refractivity contribution in [1.29, 1.82) is 0 Å². The zero-order valence-electron chi connectivity index (χ0n) is 21.9. The summed E-state index contributed by atoms with van der Waals surface area (Å²) in [6.45, 7) is 10.8. The first-order valence-corrected chi connectivity index (χ1v) is 13.4. The third-order valence-electron chi connectivity index (χ3n) is 6.32. The molecule has 1 aliphatic heterocycles. The van der Waals surface area contributed by atoms with E-state index in [9.17, 15) is 4.79 Å².